The molecule has 1 atom stereocenters. The third kappa shape index (κ3) is 2.51. The molecule has 1 N–H and O–H groups in total. The van der Waals surface area contributed by atoms with Crippen molar-refractivity contribution in [1.82, 2.24) is 0 Å². The fourth-order valence-electron chi connectivity index (χ4n) is 3.83. The second-order valence-corrected chi connectivity index (χ2v) is 7.15. The van der Waals surface area contributed by atoms with Crippen LogP contribution in [0.3, 0.4) is 0 Å². The first kappa shape index (κ1) is 15.3. The van der Waals surface area contributed by atoms with Gasteiger partial charge in [-0.05, 0) is 18.1 Å². The van der Waals surface area contributed by atoms with E-state index in [0.29, 0.717) is 18.9 Å². The first-order valence-electron chi connectivity index (χ1n) is 8.51. The van der Waals surface area contributed by atoms with Gasteiger partial charge in [0.2, 0.25) is 6.79 Å². The predicted molar refractivity (Wildman–Crippen MR) is 93.7 cm³/mol. The van der Waals surface area contributed by atoms with Crippen LogP contribution in [-0.2, 0) is 12.0 Å². The first-order valence-corrected chi connectivity index (χ1v) is 8.51. The van der Waals surface area contributed by atoms with E-state index < -0.39 is 5.60 Å². The molecule has 4 nitrogen and oxygen atoms in total. The summed E-state index contributed by atoms with van der Waals surface area (Å²) in [6.45, 7) is 6.20. The first-order chi connectivity index (χ1) is 11.6. The van der Waals surface area contributed by atoms with Gasteiger partial charge in [-0.1, -0.05) is 44.2 Å². The molecule has 4 heteroatoms. The van der Waals surface area contributed by atoms with E-state index in [2.05, 4.69) is 24.8 Å². The van der Waals surface area contributed by atoms with Crippen molar-refractivity contribution in [2.45, 2.75) is 25.9 Å². The number of β-amino-alcohol motifs (C(OH)–C–C–N with tert-alkyl or cyclic N) is 1. The zero-order chi connectivity index (χ0) is 16.7. The fourth-order valence-corrected chi connectivity index (χ4v) is 3.83. The molecule has 0 fully saturated rings. The van der Waals surface area contributed by atoms with E-state index in [-0.39, 0.29) is 6.79 Å². The molecule has 2 aromatic carbocycles. The van der Waals surface area contributed by atoms with Crippen LogP contribution in [0.15, 0.2) is 42.5 Å². The van der Waals surface area contributed by atoms with Crippen LogP contribution in [-0.4, -0.2) is 25.0 Å². The van der Waals surface area contributed by atoms with Gasteiger partial charge in [0, 0.05) is 29.8 Å². The number of benzene rings is 2. The van der Waals surface area contributed by atoms with E-state index in [0.717, 1.165) is 34.9 Å². The highest BCUT2D eigenvalue weighted by molar-refractivity contribution is 5.62. The number of fused-ring (bicyclic) bond motifs is 2. The molecular formula is C20H23NO3. The highest BCUT2D eigenvalue weighted by atomic mass is 16.7. The Balaban J connectivity index is 1.69. The summed E-state index contributed by atoms with van der Waals surface area (Å²) in [5.74, 6) is 2.07. The molecule has 2 aromatic rings. The Kier molecular flexibility index (Phi) is 3.65. The Hall–Kier alpha value is -2.20. The van der Waals surface area contributed by atoms with Crippen molar-refractivity contribution in [2.24, 2.45) is 5.92 Å². The molecule has 1 unspecified atom stereocenters. The van der Waals surface area contributed by atoms with Crippen molar-refractivity contribution < 1.29 is 14.6 Å². The summed E-state index contributed by atoms with van der Waals surface area (Å²) in [7, 11) is 0. The molecule has 0 radical (unpaired) electrons. The van der Waals surface area contributed by atoms with Crippen molar-refractivity contribution in [3.63, 3.8) is 0 Å². The Labute approximate surface area is 142 Å². The normalized spacial score (nSPS) is 21.4. The zero-order valence-electron chi connectivity index (χ0n) is 14.2. The molecule has 0 bridgehead atoms. The van der Waals surface area contributed by atoms with E-state index in [1.807, 2.05) is 36.4 Å². The molecule has 0 aliphatic carbocycles. The van der Waals surface area contributed by atoms with Gasteiger partial charge in [0.1, 0.15) is 5.60 Å². The maximum absolute atomic E-state index is 11.5. The van der Waals surface area contributed by atoms with Crippen molar-refractivity contribution in [2.75, 3.05) is 24.8 Å². The second kappa shape index (κ2) is 5.71. The van der Waals surface area contributed by atoms with Crippen LogP contribution in [0, 0.1) is 5.92 Å². The van der Waals surface area contributed by atoms with Crippen LogP contribution in [0.5, 0.6) is 11.5 Å². The Morgan fingerprint density at radius 3 is 2.79 bits per heavy atom. The van der Waals surface area contributed by atoms with Gasteiger partial charge in [-0.3, -0.25) is 0 Å². The molecule has 0 spiro atoms. The topological polar surface area (TPSA) is 41.9 Å². The third-order valence-corrected chi connectivity index (χ3v) is 4.75. The van der Waals surface area contributed by atoms with Gasteiger partial charge in [-0.2, -0.15) is 0 Å². The summed E-state index contributed by atoms with van der Waals surface area (Å²) in [4.78, 5) is 2.29. The second-order valence-electron chi connectivity index (χ2n) is 7.15. The number of ether oxygens (including phenoxy) is 2. The van der Waals surface area contributed by atoms with Gasteiger partial charge < -0.3 is 19.5 Å². The van der Waals surface area contributed by atoms with Gasteiger partial charge >= 0.3 is 0 Å². The van der Waals surface area contributed by atoms with Gasteiger partial charge in [0.25, 0.3) is 0 Å². The van der Waals surface area contributed by atoms with E-state index in [1.165, 1.54) is 0 Å². The minimum Gasteiger partial charge on any atom is -0.454 e. The fraction of sp³-hybridized carbons (Fsp3) is 0.400. The smallest absolute Gasteiger partial charge is 0.231 e. The van der Waals surface area contributed by atoms with E-state index in [9.17, 15) is 5.11 Å². The molecule has 0 saturated heterocycles. The van der Waals surface area contributed by atoms with Crippen LogP contribution in [0.2, 0.25) is 0 Å². The van der Waals surface area contributed by atoms with Gasteiger partial charge in [0.15, 0.2) is 11.5 Å². The Bertz CT molecular complexity index is 758. The van der Waals surface area contributed by atoms with E-state index >= 15 is 0 Å². The van der Waals surface area contributed by atoms with Crippen LogP contribution < -0.4 is 14.4 Å². The SMILES string of the molecule is CC(C)CN1CC(O)(Cc2cccc3c2OCO3)c2ccccc21. The van der Waals surface area contributed by atoms with Crippen molar-refractivity contribution in [1.29, 1.82) is 0 Å². The van der Waals surface area contributed by atoms with Crippen molar-refractivity contribution >= 4 is 5.69 Å². The average molecular weight is 325 g/mol. The molecule has 4 rings (SSSR count). The summed E-state index contributed by atoms with van der Waals surface area (Å²) in [5, 5.41) is 11.5. The van der Waals surface area contributed by atoms with Crippen molar-refractivity contribution in [3.05, 3.63) is 53.6 Å². The summed E-state index contributed by atoms with van der Waals surface area (Å²) >= 11 is 0. The maximum Gasteiger partial charge on any atom is 0.231 e. The average Bonchev–Trinajstić information content (AvgIpc) is 3.12. The maximum atomic E-state index is 11.5. The monoisotopic (exact) mass is 325 g/mol. The molecule has 24 heavy (non-hydrogen) atoms. The van der Waals surface area contributed by atoms with Crippen LogP contribution in [0.25, 0.3) is 0 Å². The van der Waals surface area contributed by atoms with Gasteiger partial charge in [-0.25, -0.2) is 0 Å². The standard InChI is InChI=1S/C20H23NO3/c1-14(2)11-21-12-20(22,16-7-3-4-8-17(16)21)10-15-6-5-9-18-19(15)24-13-23-18/h3-9,14,22H,10-13H2,1-2H3. The zero-order valence-corrected chi connectivity index (χ0v) is 14.2. The number of hydrogen-bond acceptors (Lipinski definition) is 4. The van der Waals surface area contributed by atoms with Crippen molar-refractivity contribution in [3.8, 4) is 11.5 Å². The summed E-state index contributed by atoms with van der Waals surface area (Å²) < 4.78 is 11.1. The van der Waals surface area contributed by atoms with Gasteiger partial charge in [-0.15, -0.1) is 0 Å². The quantitative estimate of drug-likeness (QED) is 0.936. The Morgan fingerprint density at radius 2 is 1.96 bits per heavy atom. The molecule has 2 aliphatic rings. The molecule has 0 aromatic heterocycles. The van der Waals surface area contributed by atoms with Crippen LogP contribution in [0.1, 0.15) is 25.0 Å². The highest BCUT2D eigenvalue weighted by Crippen LogP contribution is 2.44. The number of nitrogens with zero attached hydrogens (tertiary/aromatic N) is 1. The lowest BCUT2D eigenvalue weighted by Gasteiger charge is -2.26. The molecule has 2 aliphatic heterocycles. The largest absolute Gasteiger partial charge is 0.454 e. The molecular weight excluding hydrogens is 302 g/mol. The lowest BCUT2D eigenvalue weighted by atomic mass is 9.88. The summed E-state index contributed by atoms with van der Waals surface area (Å²) in [6, 6.07) is 14.1. The number of para-hydroxylation sites is 2. The minimum absolute atomic E-state index is 0.251. The molecule has 126 valence electrons. The highest BCUT2D eigenvalue weighted by Gasteiger charge is 2.42. The summed E-state index contributed by atoms with van der Waals surface area (Å²) in [6.07, 6.45) is 0.519. The summed E-state index contributed by atoms with van der Waals surface area (Å²) in [5.41, 5.74) is 2.22. The van der Waals surface area contributed by atoms with E-state index in [1.54, 1.807) is 0 Å². The third-order valence-electron chi connectivity index (χ3n) is 4.75. The number of anilines is 1. The van der Waals surface area contributed by atoms with Crippen LogP contribution in [0.4, 0.5) is 5.69 Å². The van der Waals surface area contributed by atoms with E-state index in [4.69, 9.17) is 9.47 Å². The minimum atomic E-state index is -0.910. The van der Waals surface area contributed by atoms with Crippen LogP contribution >= 0.6 is 0 Å². The number of hydrogen-bond donors (Lipinski definition) is 1. The predicted octanol–water partition coefficient (Wildman–Crippen LogP) is 3.32. The van der Waals surface area contributed by atoms with Gasteiger partial charge in [0.05, 0.1) is 6.54 Å². The molecule has 2 heterocycles. The number of aliphatic hydroxyl groups is 1. The lowest BCUT2D eigenvalue weighted by molar-refractivity contribution is 0.0528. The number of rotatable bonds is 4. The Morgan fingerprint density at radius 1 is 1.12 bits per heavy atom. The molecule has 0 amide bonds. The molecule has 0 saturated carbocycles. The lowest BCUT2D eigenvalue weighted by Crippen LogP contribution is -2.36.